The second-order valence-electron chi connectivity index (χ2n) is 11.6. The zero-order valence-electron chi connectivity index (χ0n) is 24.0. The molecule has 3 aliphatic rings. The Morgan fingerprint density at radius 1 is 0.978 bits per heavy atom. The highest BCUT2D eigenvalue weighted by Crippen LogP contribution is 2.53. The topological polar surface area (TPSA) is 136 Å². The van der Waals surface area contributed by atoms with Crippen LogP contribution < -0.4 is 5.32 Å². The summed E-state index contributed by atoms with van der Waals surface area (Å²) in [6.45, 7) is 0.607. The predicted molar refractivity (Wildman–Crippen MR) is 166 cm³/mol. The smallest absolute Gasteiger partial charge is 0.254 e. The first-order valence-electron chi connectivity index (χ1n) is 14.5. The van der Waals surface area contributed by atoms with E-state index < -0.39 is 15.6 Å². The van der Waals surface area contributed by atoms with Gasteiger partial charge in [0.2, 0.25) is 0 Å². The lowest BCUT2D eigenvalue weighted by atomic mass is 9.85. The molecule has 10 nitrogen and oxygen atoms in total. The number of carbonyl (C=O) groups excluding carboxylic acids is 2. The molecule has 5 heterocycles. The van der Waals surface area contributed by atoms with Crippen molar-refractivity contribution >= 4 is 33.1 Å². The molecule has 45 heavy (non-hydrogen) atoms. The minimum absolute atomic E-state index is 0.0587. The van der Waals surface area contributed by atoms with Crippen molar-refractivity contribution in [3.05, 3.63) is 125 Å². The number of benzene rings is 1. The lowest BCUT2D eigenvalue weighted by molar-refractivity contribution is -0.132. The summed E-state index contributed by atoms with van der Waals surface area (Å²) in [6.07, 6.45) is 8.89. The fourth-order valence-electron chi connectivity index (χ4n) is 6.59. The zero-order valence-corrected chi connectivity index (χ0v) is 25.6. The second kappa shape index (κ2) is 11.3. The van der Waals surface area contributed by atoms with Crippen molar-refractivity contribution in [2.45, 2.75) is 28.6 Å². The summed E-state index contributed by atoms with van der Waals surface area (Å²) in [7, 11) is -3.61. The number of nitrogens with one attached hydrogen (secondary N) is 1. The molecule has 0 bridgehead atoms. The summed E-state index contributed by atoms with van der Waals surface area (Å²) in [5.41, 5.74) is 1.53. The van der Waals surface area contributed by atoms with Gasteiger partial charge in [0.1, 0.15) is 15.6 Å². The van der Waals surface area contributed by atoms with Crippen LogP contribution in [-0.4, -0.2) is 64.0 Å². The molecule has 3 aromatic heterocycles. The third-order valence-corrected chi connectivity index (χ3v) is 12.0. The molecule has 12 heteroatoms. The van der Waals surface area contributed by atoms with Crippen LogP contribution in [0, 0.1) is 23.2 Å². The maximum absolute atomic E-state index is 14.7. The molecule has 3 atom stereocenters. The van der Waals surface area contributed by atoms with Crippen LogP contribution in [0.1, 0.15) is 27.0 Å². The summed E-state index contributed by atoms with van der Waals surface area (Å²) in [6, 6.07) is 19.0. The van der Waals surface area contributed by atoms with Crippen molar-refractivity contribution in [2.24, 2.45) is 11.8 Å². The molecule has 1 amide bonds. The van der Waals surface area contributed by atoms with Gasteiger partial charge >= 0.3 is 0 Å². The van der Waals surface area contributed by atoms with Crippen LogP contribution in [0.5, 0.6) is 0 Å². The van der Waals surface area contributed by atoms with Crippen LogP contribution in [0.2, 0.25) is 0 Å². The number of fused-ring (bicyclic) bond motifs is 1. The van der Waals surface area contributed by atoms with E-state index in [1.165, 1.54) is 21.7 Å². The Kier molecular flexibility index (Phi) is 7.32. The van der Waals surface area contributed by atoms with Gasteiger partial charge in [0.25, 0.3) is 15.9 Å². The van der Waals surface area contributed by atoms with E-state index in [9.17, 15) is 23.3 Å². The minimum Gasteiger partial charge on any atom is -0.357 e. The molecule has 1 aromatic carbocycles. The monoisotopic (exact) mass is 636 g/mol. The number of aromatic nitrogens is 2. The number of pyridine rings is 2. The third kappa shape index (κ3) is 5.33. The summed E-state index contributed by atoms with van der Waals surface area (Å²) >= 11 is 1.19. The van der Waals surface area contributed by atoms with Gasteiger partial charge in [-0.1, -0.05) is 6.07 Å². The van der Waals surface area contributed by atoms with Gasteiger partial charge in [-0.25, -0.2) is 8.42 Å². The molecule has 0 spiro atoms. The maximum Gasteiger partial charge on any atom is 0.254 e. The minimum atomic E-state index is -3.61. The highest BCUT2D eigenvalue weighted by atomic mass is 32.2. The Balaban J connectivity index is 1.24. The number of nitrogens with zero attached hydrogens (tertiary/aromatic N) is 5. The molecule has 0 radical (unpaired) electrons. The standard InChI is InChI=1S/C33H28N6O4S2/c34-19-24-3-5-25(6-4-24)28(40)16-29-37-33(17-22-7-11-35-12-8-22,18-23-9-13-36-14-10-23)32(41)39(29)31-26-20-38(21-27(26)31)45(42,43)30-2-1-15-44-30/h1-16,26-27,31,37H,17-18,20-21H2/b29-16+/t26-,27+,31+. The molecule has 1 aliphatic carbocycles. The van der Waals surface area contributed by atoms with Crippen molar-refractivity contribution in [3.8, 4) is 6.07 Å². The number of piperidine rings is 1. The molecule has 2 saturated heterocycles. The number of ketones is 1. The Hall–Kier alpha value is -4.70. The van der Waals surface area contributed by atoms with E-state index in [-0.39, 0.29) is 29.6 Å². The van der Waals surface area contributed by atoms with Crippen LogP contribution in [0.15, 0.2) is 107 Å². The van der Waals surface area contributed by atoms with Crippen LogP contribution in [0.4, 0.5) is 0 Å². The molecule has 7 rings (SSSR count). The van der Waals surface area contributed by atoms with Crippen molar-refractivity contribution in [1.29, 1.82) is 5.26 Å². The number of allylic oxidation sites excluding steroid dienone is 1. The normalized spacial score (nSPS) is 23.0. The van der Waals surface area contributed by atoms with Gasteiger partial charge in [0.15, 0.2) is 5.78 Å². The lowest BCUT2D eigenvalue weighted by Gasteiger charge is -2.28. The van der Waals surface area contributed by atoms with Crippen LogP contribution >= 0.6 is 11.3 Å². The number of rotatable bonds is 9. The Morgan fingerprint density at radius 2 is 1.58 bits per heavy atom. The number of amides is 1. The molecule has 3 fully saturated rings. The summed E-state index contributed by atoms with van der Waals surface area (Å²) in [4.78, 5) is 38.2. The largest absolute Gasteiger partial charge is 0.357 e. The molecule has 2 aliphatic heterocycles. The Morgan fingerprint density at radius 3 is 2.11 bits per heavy atom. The molecule has 4 aromatic rings. The highest BCUT2D eigenvalue weighted by Gasteiger charge is 2.65. The van der Waals surface area contributed by atoms with E-state index >= 15 is 0 Å². The van der Waals surface area contributed by atoms with Crippen molar-refractivity contribution in [2.75, 3.05) is 13.1 Å². The molecular weight excluding hydrogens is 609 g/mol. The Labute approximate surface area is 264 Å². The number of hydrogen-bond acceptors (Lipinski definition) is 9. The second-order valence-corrected chi connectivity index (χ2v) is 14.7. The van der Waals surface area contributed by atoms with E-state index in [1.807, 2.05) is 24.3 Å². The predicted octanol–water partition coefficient (Wildman–Crippen LogP) is 3.41. The quantitative estimate of drug-likeness (QED) is 0.218. The average molecular weight is 637 g/mol. The summed E-state index contributed by atoms with van der Waals surface area (Å²) in [5.74, 6) is -0.198. The van der Waals surface area contributed by atoms with Gasteiger partial charge in [-0.15, -0.1) is 11.3 Å². The molecule has 1 saturated carbocycles. The molecular formula is C33H28N6O4S2. The van der Waals surface area contributed by atoms with Crippen LogP contribution in [0.3, 0.4) is 0 Å². The summed E-state index contributed by atoms with van der Waals surface area (Å²) in [5, 5.41) is 14.4. The molecule has 226 valence electrons. The van der Waals surface area contributed by atoms with E-state index in [4.69, 9.17) is 0 Å². The fraction of sp³-hybridized carbons (Fsp3) is 0.242. The van der Waals surface area contributed by atoms with Gasteiger partial charge < -0.3 is 5.32 Å². The van der Waals surface area contributed by atoms with Crippen molar-refractivity contribution < 1.29 is 18.0 Å². The van der Waals surface area contributed by atoms with Gasteiger partial charge in [-0.2, -0.15) is 9.57 Å². The maximum atomic E-state index is 14.7. The number of hydrogen-bond donors (Lipinski definition) is 1. The Bertz CT molecular complexity index is 1870. The van der Waals surface area contributed by atoms with Crippen molar-refractivity contribution in [1.82, 2.24) is 24.5 Å². The van der Waals surface area contributed by atoms with Crippen LogP contribution in [-0.2, 0) is 27.7 Å². The van der Waals surface area contributed by atoms with Gasteiger partial charge in [-0.05, 0) is 71.1 Å². The van der Waals surface area contributed by atoms with Crippen molar-refractivity contribution in [3.63, 3.8) is 0 Å². The first-order chi connectivity index (χ1) is 21.8. The SMILES string of the molecule is N#Cc1ccc(C(=O)/C=C2\NC(Cc3ccncc3)(Cc3ccncc3)C(=O)N2[C@H]2[C@@H]3CN(S(=O)(=O)c4cccs4)C[C@@H]32)cc1. The lowest BCUT2D eigenvalue weighted by Crippen LogP contribution is -2.51. The highest BCUT2D eigenvalue weighted by molar-refractivity contribution is 7.91. The fourth-order valence-corrected chi connectivity index (χ4v) is 9.25. The molecule has 1 N–H and O–H groups in total. The molecule has 0 unspecified atom stereocenters. The van der Waals surface area contributed by atoms with Gasteiger partial charge in [-0.3, -0.25) is 24.5 Å². The zero-order chi connectivity index (χ0) is 31.2. The third-order valence-electron chi connectivity index (χ3n) is 8.83. The van der Waals surface area contributed by atoms with Gasteiger partial charge in [0, 0.05) is 80.2 Å². The first-order valence-corrected chi connectivity index (χ1v) is 16.8. The van der Waals surface area contributed by atoms with E-state index in [0.717, 1.165) is 11.1 Å². The average Bonchev–Trinajstić information content (AvgIpc) is 3.49. The number of nitriles is 1. The van der Waals surface area contributed by atoms with E-state index in [0.29, 0.717) is 47.1 Å². The van der Waals surface area contributed by atoms with Crippen LogP contribution in [0.25, 0.3) is 0 Å². The number of sulfonamides is 1. The van der Waals surface area contributed by atoms with E-state index in [2.05, 4.69) is 21.4 Å². The number of thiophene rings is 1. The first kappa shape index (κ1) is 29.0. The number of carbonyl (C=O) groups is 2. The van der Waals surface area contributed by atoms with Gasteiger partial charge in [0.05, 0.1) is 11.6 Å². The van der Waals surface area contributed by atoms with E-state index in [1.54, 1.807) is 71.5 Å². The summed E-state index contributed by atoms with van der Waals surface area (Å²) < 4.78 is 28.3.